The SMILES string of the molecule is Clc1cccc(Oc2nc(Cl)nc(N3CCCCC3)n2)c1. The third kappa shape index (κ3) is 3.74. The Bertz CT molecular complexity index is 632. The van der Waals surface area contributed by atoms with E-state index >= 15 is 0 Å². The summed E-state index contributed by atoms with van der Waals surface area (Å²) in [6, 6.07) is 7.22. The van der Waals surface area contributed by atoms with Gasteiger partial charge in [0.25, 0.3) is 0 Å². The van der Waals surface area contributed by atoms with Gasteiger partial charge in [-0.1, -0.05) is 17.7 Å². The van der Waals surface area contributed by atoms with E-state index in [0.717, 1.165) is 25.9 Å². The normalized spacial score (nSPS) is 15.0. The molecule has 0 spiro atoms. The molecule has 1 saturated heterocycles. The van der Waals surface area contributed by atoms with Crippen LogP contribution in [0.3, 0.4) is 0 Å². The molecule has 3 rings (SSSR count). The maximum absolute atomic E-state index is 5.97. The molecule has 1 fully saturated rings. The van der Waals surface area contributed by atoms with Crippen LogP contribution in [0.5, 0.6) is 11.8 Å². The number of hydrogen-bond donors (Lipinski definition) is 0. The average molecular weight is 325 g/mol. The zero-order valence-electron chi connectivity index (χ0n) is 11.3. The summed E-state index contributed by atoms with van der Waals surface area (Å²) in [7, 11) is 0. The number of piperidine rings is 1. The van der Waals surface area contributed by atoms with Gasteiger partial charge in [-0.3, -0.25) is 0 Å². The molecule has 1 aliphatic heterocycles. The highest BCUT2D eigenvalue weighted by molar-refractivity contribution is 6.30. The lowest BCUT2D eigenvalue weighted by Gasteiger charge is -2.26. The highest BCUT2D eigenvalue weighted by atomic mass is 35.5. The molecule has 5 nitrogen and oxygen atoms in total. The number of hydrogen-bond acceptors (Lipinski definition) is 5. The van der Waals surface area contributed by atoms with Crippen molar-refractivity contribution in [2.24, 2.45) is 0 Å². The first-order valence-corrected chi connectivity index (χ1v) is 7.56. The quantitative estimate of drug-likeness (QED) is 0.855. The molecule has 0 saturated carbocycles. The lowest BCUT2D eigenvalue weighted by molar-refractivity contribution is 0.437. The highest BCUT2D eigenvalue weighted by Crippen LogP contribution is 2.24. The first kappa shape index (κ1) is 14.4. The number of aromatic nitrogens is 3. The first-order valence-electron chi connectivity index (χ1n) is 6.81. The van der Waals surface area contributed by atoms with Crippen LogP contribution in [0.4, 0.5) is 5.95 Å². The Morgan fingerprint density at radius 3 is 2.57 bits per heavy atom. The molecule has 7 heteroatoms. The summed E-state index contributed by atoms with van der Waals surface area (Å²) in [5.74, 6) is 1.13. The molecule has 0 bridgehead atoms. The van der Waals surface area contributed by atoms with Gasteiger partial charge in [0.1, 0.15) is 5.75 Å². The van der Waals surface area contributed by atoms with Crippen molar-refractivity contribution in [2.45, 2.75) is 19.3 Å². The molecule has 1 aliphatic rings. The molecule has 2 heterocycles. The standard InChI is InChI=1S/C14H14Cl2N4O/c15-10-5-4-6-11(9-10)21-14-18-12(16)17-13(19-14)20-7-2-1-3-8-20/h4-6,9H,1-3,7-8H2. The zero-order chi connectivity index (χ0) is 14.7. The third-order valence-corrected chi connectivity index (χ3v) is 3.62. The van der Waals surface area contributed by atoms with Gasteiger partial charge < -0.3 is 9.64 Å². The van der Waals surface area contributed by atoms with E-state index in [1.54, 1.807) is 24.3 Å². The Balaban J connectivity index is 1.83. The van der Waals surface area contributed by atoms with Gasteiger partial charge in [0.15, 0.2) is 0 Å². The molecular formula is C14H14Cl2N4O. The predicted octanol–water partition coefficient (Wildman–Crippen LogP) is 3.96. The average Bonchev–Trinajstić information content (AvgIpc) is 2.47. The van der Waals surface area contributed by atoms with Crippen molar-refractivity contribution in [2.75, 3.05) is 18.0 Å². The molecule has 0 atom stereocenters. The summed E-state index contributed by atoms with van der Waals surface area (Å²) in [5.41, 5.74) is 0. The summed E-state index contributed by atoms with van der Waals surface area (Å²) in [4.78, 5) is 14.6. The number of ether oxygens (including phenoxy) is 1. The van der Waals surface area contributed by atoms with Crippen molar-refractivity contribution in [3.05, 3.63) is 34.6 Å². The molecule has 1 aromatic carbocycles. The molecule has 0 radical (unpaired) electrons. The molecule has 0 N–H and O–H groups in total. The fourth-order valence-corrected chi connectivity index (χ4v) is 2.57. The Hall–Kier alpha value is -1.59. The van der Waals surface area contributed by atoms with Gasteiger partial charge in [0.05, 0.1) is 0 Å². The summed E-state index contributed by atoms with van der Waals surface area (Å²) >= 11 is 11.9. The summed E-state index contributed by atoms with van der Waals surface area (Å²) in [6.07, 6.45) is 3.50. The Labute approximate surface area is 132 Å². The van der Waals surface area contributed by atoms with Crippen LogP contribution in [0.2, 0.25) is 10.3 Å². The van der Waals surface area contributed by atoms with E-state index < -0.39 is 0 Å². The van der Waals surface area contributed by atoms with Crippen molar-refractivity contribution in [1.82, 2.24) is 15.0 Å². The van der Waals surface area contributed by atoms with Crippen molar-refractivity contribution in [3.8, 4) is 11.8 Å². The second-order valence-electron chi connectivity index (χ2n) is 4.79. The Kier molecular flexibility index (Phi) is 4.41. The summed E-state index contributed by atoms with van der Waals surface area (Å²) < 4.78 is 5.61. The number of halogens is 2. The van der Waals surface area contributed by atoms with E-state index in [1.807, 2.05) is 0 Å². The minimum Gasteiger partial charge on any atom is -0.424 e. The van der Waals surface area contributed by atoms with Crippen LogP contribution in [0.25, 0.3) is 0 Å². The zero-order valence-corrected chi connectivity index (χ0v) is 12.8. The van der Waals surface area contributed by atoms with E-state index in [1.165, 1.54) is 6.42 Å². The van der Waals surface area contributed by atoms with Crippen molar-refractivity contribution in [1.29, 1.82) is 0 Å². The van der Waals surface area contributed by atoms with Gasteiger partial charge in [-0.25, -0.2) is 0 Å². The van der Waals surface area contributed by atoms with E-state index in [9.17, 15) is 0 Å². The van der Waals surface area contributed by atoms with Crippen molar-refractivity contribution in [3.63, 3.8) is 0 Å². The number of anilines is 1. The van der Waals surface area contributed by atoms with Gasteiger partial charge in [-0.05, 0) is 49.1 Å². The largest absolute Gasteiger partial charge is 0.424 e. The van der Waals surface area contributed by atoms with E-state index in [2.05, 4.69) is 19.9 Å². The van der Waals surface area contributed by atoms with Crippen LogP contribution < -0.4 is 9.64 Å². The molecule has 1 aromatic heterocycles. The maximum atomic E-state index is 5.97. The fraction of sp³-hybridized carbons (Fsp3) is 0.357. The number of benzene rings is 1. The second kappa shape index (κ2) is 6.45. The molecule has 0 aliphatic carbocycles. The molecule has 110 valence electrons. The minimum atomic E-state index is 0.127. The molecular weight excluding hydrogens is 311 g/mol. The molecule has 0 unspecified atom stereocenters. The van der Waals surface area contributed by atoms with Gasteiger partial charge in [-0.15, -0.1) is 0 Å². The van der Waals surface area contributed by atoms with Crippen LogP contribution in [0.15, 0.2) is 24.3 Å². The van der Waals surface area contributed by atoms with Gasteiger partial charge >= 0.3 is 6.01 Å². The molecule has 2 aromatic rings. The predicted molar refractivity (Wildman–Crippen MR) is 82.4 cm³/mol. The highest BCUT2D eigenvalue weighted by Gasteiger charge is 2.16. The summed E-state index contributed by atoms with van der Waals surface area (Å²) in [5, 5.41) is 0.714. The monoisotopic (exact) mass is 324 g/mol. The van der Waals surface area contributed by atoms with Gasteiger partial charge in [-0.2, -0.15) is 15.0 Å². The van der Waals surface area contributed by atoms with Crippen LogP contribution >= 0.6 is 23.2 Å². The summed E-state index contributed by atoms with van der Waals surface area (Å²) in [6.45, 7) is 1.86. The molecule has 21 heavy (non-hydrogen) atoms. The fourth-order valence-electron chi connectivity index (χ4n) is 2.24. The lowest BCUT2D eigenvalue weighted by Crippen LogP contribution is -2.31. The number of rotatable bonds is 3. The van der Waals surface area contributed by atoms with Crippen LogP contribution in [0, 0.1) is 0 Å². The van der Waals surface area contributed by atoms with Crippen LogP contribution in [-0.4, -0.2) is 28.0 Å². The molecule has 0 amide bonds. The van der Waals surface area contributed by atoms with Gasteiger partial charge in [0.2, 0.25) is 11.2 Å². The van der Waals surface area contributed by atoms with Crippen LogP contribution in [-0.2, 0) is 0 Å². The number of nitrogens with zero attached hydrogens (tertiary/aromatic N) is 4. The Morgan fingerprint density at radius 1 is 1.00 bits per heavy atom. The first-order chi connectivity index (χ1) is 10.2. The van der Waals surface area contributed by atoms with E-state index in [-0.39, 0.29) is 11.3 Å². The Morgan fingerprint density at radius 2 is 1.81 bits per heavy atom. The maximum Gasteiger partial charge on any atom is 0.328 e. The van der Waals surface area contributed by atoms with Crippen molar-refractivity contribution < 1.29 is 4.74 Å². The van der Waals surface area contributed by atoms with Crippen LogP contribution in [0.1, 0.15) is 19.3 Å². The minimum absolute atomic E-state index is 0.127. The van der Waals surface area contributed by atoms with Gasteiger partial charge in [0, 0.05) is 18.1 Å². The second-order valence-corrected chi connectivity index (χ2v) is 5.57. The van der Waals surface area contributed by atoms with Crippen molar-refractivity contribution >= 4 is 29.2 Å². The van der Waals surface area contributed by atoms with E-state index in [0.29, 0.717) is 16.7 Å². The third-order valence-electron chi connectivity index (χ3n) is 3.22. The topological polar surface area (TPSA) is 51.1 Å². The van der Waals surface area contributed by atoms with E-state index in [4.69, 9.17) is 27.9 Å². The smallest absolute Gasteiger partial charge is 0.328 e. The lowest BCUT2D eigenvalue weighted by atomic mass is 10.1.